The molecule has 0 amide bonds. The van der Waals surface area contributed by atoms with Crippen molar-refractivity contribution in [3.63, 3.8) is 0 Å². The first kappa shape index (κ1) is 25.7. The van der Waals surface area contributed by atoms with E-state index in [1.807, 2.05) is 24.3 Å². The molecule has 0 aliphatic heterocycles. The van der Waals surface area contributed by atoms with E-state index in [9.17, 15) is 18.8 Å². The van der Waals surface area contributed by atoms with Crippen LogP contribution in [0.3, 0.4) is 0 Å². The number of pyridine rings is 1. The molecule has 0 saturated heterocycles. The Kier molecular flexibility index (Phi) is 7.65. The molecule has 7 heteroatoms. The molecule has 1 fully saturated rings. The highest BCUT2D eigenvalue weighted by Crippen LogP contribution is 2.39. The Labute approximate surface area is 214 Å². The molecular formula is C29H27ClFNO4. The first-order valence-corrected chi connectivity index (χ1v) is 12.2. The molecule has 3 aromatic rings. The molecule has 5 nitrogen and oxygen atoms in total. The number of aromatic nitrogens is 1. The summed E-state index contributed by atoms with van der Waals surface area (Å²) in [7, 11) is 1.59. The minimum Gasteiger partial charge on any atom is -0.496 e. The van der Waals surface area contributed by atoms with Crippen molar-refractivity contribution in [2.75, 3.05) is 7.11 Å². The smallest absolute Gasteiger partial charge is 0.151 e. The summed E-state index contributed by atoms with van der Waals surface area (Å²) in [5.74, 6) is -1.82. The molecule has 0 N–H and O–H groups in total. The molecule has 1 aliphatic carbocycles. The van der Waals surface area contributed by atoms with Crippen LogP contribution in [-0.4, -0.2) is 29.4 Å². The number of carbonyl (C=O) groups is 3. The lowest BCUT2D eigenvalue weighted by molar-refractivity contribution is -0.127. The summed E-state index contributed by atoms with van der Waals surface area (Å²) in [5, 5.41) is 0.201. The molecule has 1 aliphatic rings. The van der Waals surface area contributed by atoms with Crippen molar-refractivity contribution in [1.29, 1.82) is 0 Å². The van der Waals surface area contributed by atoms with Crippen LogP contribution in [0.1, 0.15) is 47.4 Å². The normalized spacial score (nSPS) is 17.5. The molecule has 0 bridgehead atoms. The van der Waals surface area contributed by atoms with Crippen molar-refractivity contribution in [1.82, 2.24) is 4.98 Å². The zero-order valence-electron chi connectivity index (χ0n) is 20.4. The maximum atomic E-state index is 14.4. The van der Waals surface area contributed by atoms with Crippen LogP contribution in [0, 0.1) is 25.6 Å². The fourth-order valence-corrected chi connectivity index (χ4v) is 5.23. The molecule has 186 valence electrons. The van der Waals surface area contributed by atoms with Crippen molar-refractivity contribution >= 4 is 29.0 Å². The molecule has 1 heterocycles. The van der Waals surface area contributed by atoms with E-state index in [4.69, 9.17) is 16.3 Å². The topological polar surface area (TPSA) is 73.3 Å². The Morgan fingerprint density at radius 3 is 2.50 bits per heavy atom. The first-order valence-electron chi connectivity index (χ1n) is 11.8. The van der Waals surface area contributed by atoms with E-state index in [2.05, 4.69) is 4.98 Å². The van der Waals surface area contributed by atoms with E-state index < -0.39 is 17.7 Å². The minimum atomic E-state index is -0.908. The third kappa shape index (κ3) is 5.24. The number of ether oxygens (including phenoxy) is 1. The van der Waals surface area contributed by atoms with Crippen LogP contribution < -0.4 is 4.74 Å². The third-order valence-corrected chi connectivity index (χ3v) is 6.97. The van der Waals surface area contributed by atoms with Gasteiger partial charge >= 0.3 is 0 Å². The van der Waals surface area contributed by atoms with Gasteiger partial charge in [0, 0.05) is 36.9 Å². The Morgan fingerprint density at radius 2 is 1.83 bits per heavy atom. The minimum absolute atomic E-state index is 0.0479. The predicted octanol–water partition coefficient (Wildman–Crippen LogP) is 6.00. The number of nitrogens with zero attached hydrogens (tertiary/aromatic N) is 1. The molecule has 4 rings (SSSR count). The standard InChI is InChI=1S/C29H27ClFNO4/c1-16-10-19(28-23(31)14-21(30)15-32-28)11-17(2)26(16)27-24(34)13-20(29(27)35)12-22(33)9-8-18-6-4-5-7-25(18)36-3/h4-7,10-11,14-15,20,27H,8-9,12-13H2,1-3H3. The van der Waals surface area contributed by atoms with Crippen molar-refractivity contribution < 1.29 is 23.5 Å². The number of methoxy groups -OCH3 is 1. The van der Waals surface area contributed by atoms with Crippen molar-refractivity contribution in [2.45, 2.75) is 45.4 Å². The average molecular weight is 508 g/mol. The molecule has 2 unspecified atom stereocenters. The zero-order chi connectivity index (χ0) is 26.0. The molecular weight excluding hydrogens is 481 g/mol. The van der Waals surface area contributed by atoms with Crippen molar-refractivity contribution in [3.8, 4) is 17.0 Å². The maximum Gasteiger partial charge on any atom is 0.151 e. The number of hydrogen-bond donors (Lipinski definition) is 0. The van der Waals surface area contributed by atoms with Crippen LogP contribution in [0.4, 0.5) is 4.39 Å². The van der Waals surface area contributed by atoms with Gasteiger partial charge in [-0.25, -0.2) is 4.39 Å². The van der Waals surface area contributed by atoms with E-state index in [0.717, 1.165) is 11.3 Å². The van der Waals surface area contributed by atoms with Crippen LogP contribution >= 0.6 is 11.6 Å². The molecule has 1 aromatic heterocycles. The van der Waals surface area contributed by atoms with Gasteiger partial charge in [0.2, 0.25) is 0 Å². The largest absolute Gasteiger partial charge is 0.496 e. The van der Waals surface area contributed by atoms with Gasteiger partial charge in [-0.2, -0.15) is 0 Å². The van der Waals surface area contributed by atoms with Crippen molar-refractivity contribution in [3.05, 3.63) is 81.8 Å². The summed E-state index contributed by atoms with van der Waals surface area (Å²) < 4.78 is 19.8. The van der Waals surface area contributed by atoms with Crippen molar-refractivity contribution in [2.24, 2.45) is 5.92 Å². The lowest BCUT2D eigenvalue weighted by Gasteiger charge is -2.17. The Morgan fingerprint density at radius 1 is 1.14 bits per heavy atom. The highest BCUT2D eigenvalue weighted by molar-refractivity contribution is 6.30. The summed E-state index contributed by atoms with van der Waals surface area (Å²) in [4.78, 5) is 43.1. The van der Waals surface area contributed by atoms with E-state index in [0.29, 0.717) is 28.7 Å². The Balaban J connectivity index is 1.49. The molecule has 0 radical (unpaired) electrons. The van der Waals surface area contributed by atoms with Crippen LogP contribution in [-0.2, 0) is 20.8 Å². The zero-order valence-corrected chi connectivity index (χ0v) is 21.2. The number of Topliss-reactive ketones (excluding diaryl/α,β-unsaturated/α-hetero) is 3. The fraction of sp³-hybridized carbons (Fsp3) is 0.310. The van der Waals surface area contributed by atoms with Gasteiger partial charge in [0.05, 0.1) is 12.1 Å². The average Bonchev–Trinajstić information content (AvgIpc) is 3.10. The summed E-state index contributed by atoms with van der Waals surface area (Å²) in [5.41, 5.74) is 3.67. The second-order valence-corrected chi connectivity index (χ2v) is 9.70. The quantitative estimate of drug-likeness (QED) is 0.350. The second-order valence-electron chi connectivity index (χ2n) is 9.27. The molecule has 1 saturated carbocycles. The fourth-order valence-electron chi connectivity index (χ4n) is 5.09. The van der Waals surface area contributed by atoms with Gasteiger partial charge in [0.25, 0.3) is 0 Å². The van der Waals surface area contributed by atoms with Crippen LogP contribution in [0.15, 0.2) is 48.7 Å². The van der Waals surface area contributed by atoms with E-state index in [1.165, 1.54) is 12.3 Å². The number of rotatable bonds is 8. The van der Waals surface area contributed by atoms with Gasteiger partial charge < -0.3 is 4.74 Å². The van der Waals surface area contributed by atoms with E-state index in [-0.39, 0.29) is 47.3 Å². The van der Waals surface area contributed by atoms with E-state index >= 15 is 0 Å². The third-order valence-electron chi connectivity index (χ3n) is 6.76. The second kappa shape index (κ2) is 10.7. The number of ketones is 3. The van der Waals surface area contributed by atoms with Gasteiger partial charge in [-0.1, -0.05) is 29.8 Å². The summed E-state index contributed by atoms with van der Waals surface area (Å²) in [6.07, 6.45) is 2.26. The summed E-state index contributed by atoms with van der Waals surface area (Å²) >= 11 is 5.82. The number of aryl methyl sites for hydroxylation is 3. The molecule has 2 atom stereocenters. The number of carbonyl (C=O) groups excluding carboxylic acids is 3. The van der Waals surface area contributed by atoms with Gasteiger partial charge in [-0.15, -0.1) is 0 Å². The van der Waals surface area contributed by atoms with E-state index in [1.54, 1.807) is 33.1 Å². The van der Waals surface area contributed by atoms with Gasteiger partial charge in [0.15, 0.2) is 11.6 Å². The highest BCUT2D eigenvalue weighted by atomic mass is 35.5. The van der Waals surface area contributed by atoms with Gasteiger partial charge in [-0.05, 0) is 66.8 Å². The molecule has 2 aromatic carbocycles. The van der Waals surface area contributed by atoms with Gasteiger partial charge in [0.1, 0.15) is 28.9 Å². The summed E-state index contributed by atoms with van der Waals surface area (Å²) in [6.45, 7) is 3.60. The Hall–Kier alpha value is -3.38. The monoisotopic (exact) mass is 507 g/mol. The number of para-hydroxylation sites is 1. The van der Waals surface area contributed by atoms with Crippen LogP contribution in [0.25, 0.3) is 11.3 Å². The number of halogens is 2. The maximum absolute atomic E-state index is 14.4. The predicted molar refractivity (Wildman–Crippen MR) is 136 cm³/mol. The lowest BCUT2D eigenvalue weighted by Crippen LogP contribution is -2.19. The van der Waals surface area contributed by atoms with Crippen LogP contribution in [0.2, 0.25) is 5.02 Å². The lowest BCUT2D eigenvalue weighted by atomic mass is 9.85. The number of benzene rings is 2. The van der Waals surface area contributed by atoms with Crippen LogP contribution in [0.5, 0.6) is 5.75 Å². The number of hydrogen-bond acceptors (Lipinski definition) is 5. The first-order chi connectivity index (χ1) is 17.2. The molecule has 36 heavy (non-hydrogen) atoms. The Bertz CT molecular complexity index is 1330. The summed E-state index contributed by atoms with van der Waals surface area (Å²) in [6, 6.07) is 12.2. The molecule has 0 spiro atoms. The van der Waals surface area contributed by atoms with Gasteiger partial charge in [-0.3, -0.25) is 19.4 Å². The highest BCUT2D eigenvalue weighted by Gasteiger charge is 2.43. The SMILES string of the molecule is COc1ccccc1CCC(=O)CC1CC(=O)C(c2c(C)cc(-c3ncc(Cl)cc3F)cc2C)C1=O.